The number of anilines is 1. The molecular formula is C21H26F3IN4O3. The molecule has 0 aromatic heterocycles. The molecule has 0 bridgehead atoms. The van der Waals surface area contributed by atoms with E-state index in [-0.39, 0.29) is 48.6 Å². The molecule has 176 valence electrons. The summed E-state index contributed by atoms with van der Waals surface area (Å²) in [6.07, 6.45) is -4.45. The van der Waals surface area contributed by atoms with Crippen LogP contribution in [0.25, 0.3) is 0 Å². The van der Waals surface area contributed by atoms with E-state index in [9.17, 15) is 18.0 Å². The fourth-order valence-electron chi connectivity index (χ4n) is 2.58. The van der Waals surface area contributed by atoms with Crippen molar-refractivity contribution in [3.63, 3.8) is 0 Å². The van der Waals surface area contributed by atoms with Gasteiger partial charge in [0.15, 0.2) is 5.96 Å². The summed E-state index contributed by atoms with van der Waals surface area (Å²) in [5.74, 6) is 0.835. The monoisotopic (exact) mass is 566 g/mol. The molecule has 0 fully saturated rings. The van der Waals surface area contributed by atoms with Crippen molar-refractivity contribution in [2.45, 2.75) is 20.0 Å². The van der Waals surface area contributed by atoms with Crippen molar-refractivity contribution in [3.8, 4) is 11.5 Å². The molecule has 2 aromatic carbocycles. The van der Waals surface area contributed by atoms with E-state index in [1.54, 1.807) is 18.2 Å². The maximum atomic E-state index is 12.6. The molecule has 4 N–H and O–H groups in total. The maximum absolute atomic E-state index is 12.6. The lowest BCUT2D eigenvalue weighted by molar-refractivity contribution is -0.137. The Bertz CT molecular complexity index is 906. The smallest absolute Gasteiger partial charge is 0.416 e. The molecule has 0 aliphatic heterocycles. The number of benzene rings is 2. The first-order valence-electron chi connectivity index (χ1n) is 9.66. The van der Waals surface area contributed by atoms with E-state index in [1.807, 2.05) is 13.8 Å². The summed E-state index contributed by atoms with van der Waals surface area (Å²) in [6, 6.07) is 9.25. The average Bonchev–Trinajstić information content (AvgIpc) is 2.73. The number of ether oxygens (including phenoxy) is 2. The Morgan fingerprint density at radius 1 is 1.06 bits per heavy atom. The average molecular weight is 566 g/mol. The Kier molecular flexibility index (Phi) is 11.1. The highest BCUT2D eigenvalue weighted by molar-refractivity contribution is 14.0. The van der Waals surface area contributed by atoms with E-state index >= 15 is 0 Å². The van der Waals surface area contributed by atoms with Crippen molar-refractivity contribution in [3.05, 3.63) is 53.6 Å². The van der Waals surface area contributed by atoms with Crippen LogP contribution < -0.4 is 25.8 Å². The van der Waals surface area contributed by atoms with Crippen LogP contribution in [0.2, 0.25) is 0 Å². The number of carbonyl (C=O) groups is 1. The summed E-state index contributed by atoms with van der Waals surface area (Å²) >= 11 is 0. The van der Waals surface area contributed by atoms with Crippen molar-refractivity contribution in [1.82, 2.24) is 5.32 Å². The zero-order chi connectivity index (χ0) is 22.9. The molecule has 2 rings (SSSR count). The quantitative estimate of drug-likeness (QED) is 0.182. The van der Waals surface area contributed by atoms with Gasteiger partial charge in [-0.2, -0.15) is 13.2 Å². The van der Waals surface area contributed by atoms with E-state index in [0.717, 1.165) is 24.3 Å². The van der Waals surface area contributed by atoms with Crippen LogP contribution in [0.4, 0.5) is 18.9 Å². The third-order valence-corrected chi connectivity index (χ3v) is 3.98. The van der Waals surface area contributed by atoms with Crippen LogP contribution in [-0.4, -0.2) is 38.2 Å². The van der Waals surface area contributed by atoms with Crippen LogP contribution in [0.15, 0.2) is 47.5 Å². The van der Waals surface area contributed by atoms with E-state index in [1.165, 1.54) is 0 Å². The normalized spacial score (nSPS) is 11.3. The molecule has 0 heterocycles. The number of rotatable bonds is 9. The number of amides is 1. The van der Waals surface area contributed by atoms with E-state index < -0.39 is 17.6 Å². The fourth-order valence-corrected chi connectivity index (χ4v) is 2.58. The number of aliphatic imine (C=N–C) groups is 1. The number of nitrogens with two attached hydrogens (primary N) is 1. The SMILES string of the molecule is CCOc1ccc(OCC)c(NC(N)=NCCNC(=O)c2ccc(C(F)(F)F)cc2)c1.I. The molecule has 7 nitrogen and oxygen atoms in total. The Hall–Kier alpha value is -2.70. The molecule has 0 radical (unpaired) electrons. The predicted octanol–water partition coefficient (Wildman–Crippen LogP) is 4.28. The minimum absolute atomic E-state index is 0. The maximum Gasteiger partial charge on any atom is 0.416 e. The van der Waals surface area contributed by atoms with Gasteiger partial charge in [-0.1, -0.05) is 0 Å². The van der Waals surface area contributed by atoms with Crippen molar-refractivity contribution in [2.24, 2.45) is 10.7 Å². The number of halogens is 4. The van der Waals surface area contributed by atoms with Gasteiger partial charge < -0.3 is 25.8 Å². The van der Waals surface area contributed by atoms with E-state index in [2.05, 4.69) is 15.6 Å². The lowest BCUT2D eigenvalue weighted by Crippen LogP contribution is -2.28. The van der Waals surface area contributed by atoms with Crippen LogP contribution >= 0.6 is 24.0 Å². The zero-order valence-corrected chi connectivity index (χ0v) is 20.0. The first-order valence-corrected chi connectivity index (χ1v) is 9.66. The van der Waals surface area contributed by atoms with Crippen molar-refractivity contribution >= 4 is 41.5 Å². The second kappa shape index (κ2) is 13.0. The van der Waals surface area contributed by atoms with E-state index in [0.29, 0.717) is 30.4 Å². The van der Waals surface area contributed by atoms with Gasteiger partial charge in [-0.05, 0) is 50.2 Å². The highest BCUT2D eigenvalue weighted by Crippen LogP contribution is 2.30. The first kappa shape index (κ1) is 27.3. The number of nitrogens with one attached hydrogen (secondary N) is 2. The van der Waals surface area contributed by atoms with Crippen LogP contribution in [0.3, 0.4) is 0 Å². The minimum atomic E-state index is -4.45. The number of nitrogens with zero attached hydrogens (tertiary/aromatic N) is 1. The van der Waals surface area contributed by atoms with Gasteiger partial charge in [0, 0.05) is 18.2 Å². The van der Waals surface area contributed by atoms with Gasteiger partial charge in [0.2, 0.25) is 0 Å². The largest absolute Gasteiger partial charge is 0.494 e. The summed E-state index contributed by atoms with van der Waals surface area (Å²) in [6.45, 7) is 5.03. The van der Waals surface area contributed by atoms with Crippen LogP contribution in [0.5, 0.6) is 11.5 Å². The Labute approximate surface area is 201 Å². The molecule has 0 unspecified atom stereocenters. The van der Waals surface area contributed by atoms with Crippen molar-refractivity contribution in [1.29, 1.82) is 0 Å². The Morgan fingerprint density at radius 3 is 2.31 bits per heavy atom. The van der Waals surface area contributed by atoms with Gasteiger partial charge in [-0.15, -0.1) is 24.0 Å². The van der Waals surface area contributed by atoms with Crippen LogP contribution in [0, 0.1) is 0 Å². The molecule has 0 saturated heterocycles. The van der Waals surface area contributed by atoms with Crippen molar-refractivity contribution in [2.75, 3.05) is 31.6 Å². The minimum Gasteiger partial charge on any atom is -0.494 e. The lowest BCUT2D eigenvalue weighted by atomic mass is 10.1. The van der Waals surface area contributed by atoms with Gasteiger partial charge in [0.1, 0.15) is 11.5 Å². The fraction of sp³-hybridized carbons (Fsp3) is 0.333. The third-order valence-electron chi connectivity index (χ3n) is 3.98. The summed E-state index contributed by atoms with van der Waals surface area (Å²) < 4.78 is 48.8. The molecule has 0 saturated carbocycles. The molecule has 32 heavy (non-hydrogen) atoms. The molecule has 0 aliphatic carbocycles. The lowest BCUT2D eigenvalue weighted by Gasteiger charge is -2.14. The topological polar surface area (TPSA) is 98.0 Å². The second-order valence-electron chi connectivity index (χ2n) is 6.25. The van der Waals surface area contributed by atoms with E-state index in [4.69, 9.17) is 15.2 Å². The number of hydrogen-bond acceptors (Lipinski definition) is 4. The molecule has 0 aliphatic rings. The third kappa shape index (κ3) is 8.44. The molecule has 2 aromatic rings. The highest BCUT2D eigenvalue weighted by Gasteiger charge is 2.30. The predicted molar refractivity (Wildman–Crippen MR) is 128 cm³/mol. The molecule has 11 heteroatoms. The summed E-state index contributed by atoms with van der Waals surface area (Å²) in [5, 5.41) is 5.52. The van der Waals surface area contributed by atoms with Crippen LogP contribution in [0.1, 0.15) is 29.8 Å². The standard InChI is InChI=1S/C21H25F3N4O3.HI/c1-3-30-16-9-10-18(31-4-2)17(13-16)28-20(25)27-12-11-26-19(29)14-5-7-15(8-6-14)21(22,23)24;/h5-10,13H,3-4,11-12H2,1-2H3,(H,26,29)(H3,25,27,28);1H. The number of alkyl halides is 3. The summed E-state index contributed by atoms with van der Waals surface area (Å²) in [7, 11) is 0. The highest BCUT2D eigenvalue weighted by atomic mass is 127. The number of guanidine groups is 1. The van der Waals surface area contributed by atoms with Gasteiger partial charge in [-0.25, -0.2) is 0 Å². The Balaban J connectivity index is 0.00000512. The zero-order valence-electron chi connectivity index (χ0n) is 17.7. The number of hydrogen-bond donors (Lipinski definition) is 3. The second-order valence-corrected chi connectivity index (χ2v) is 6.25. The molecule has 1 amide bonds. The van der Waals surface area contributed by atoms with Gasteiger partial charge in [0.25, 0.3) is 5.91 Å². The first-order chi connectivity index (χ1) is 14.7. The molecule has 0 spiro atoms. The summed E-state index contributed by atoms with van der Waals surface area (Å²) in [4.78, 5) is 16.2. The van der Waals surface area contributed by atoms with Crippen molar-refractivity contribution < 1.29 is 27.4 Å². The number of carbonyl (C=O) groups excluding carboxylic acids is 1. The molecule has 0 atom stereocenters. The molecular weight excluding hydrogens is 540 g/mol. The Morgan fingerprint density at radius 2 is 1.72 bits per heavy atom. The summed E-state index contributed by atoms with van der Waals surface area (Å²) in [5.41, 5.74) is 5.80. The van der Waals surface area contributed by atoms with Gasteiger partial charge in [-0.3, -0.25) is 9.79 Å². The van der Waals surface area contributed by atoms with Crippen LogP contribution in [-0.2, 0) is 6.18 Å². The van der Waals surface area contributed by atoms with Gasteiger partial charge in [0.05, 0.1) is 31.0 Å². The van der Waals surface area contributed by atoms with Gasteiger partial charge >= 0.3 is 6.18 Å².